The van der Waals surface area contributed by atoms with Crippen LogP contribution < -0.4 is 19.5 Å². The molecule has 2 aromatic rings. The molecule has 0 spiro atoms. The summed E-state index contributed by atoms with van der Waals surface area (Å²) in [6.07, 6.45) is 0. The van der Waals surface area contributed by atoms with Crippen LogP contribution in [0.5, 0.6) is 11.5 Å². The molecule has 146 valence electrons. The third-order valence-corrected chi connectivity index (χ3v) is 5.66. The van der Waals surface area contributed by atoms with E-state index in [9.17, 15) is 13.2 Å². The Hall–Kier alpha value is -2.58. The minimum absolute atomic E-state index is 0.0214. The highest BCUT2D eigenvalue weighted by molar-refractivity contribution is 7.89. The first-order valence-corrected chi connectivity index (χ1v) is 9.79. The van der Waals surface area contributed by atoms with Gasteiger partial charge in [-0.2, -0.15) is 4.72 Å². The average molecular weight is 392 g/mol. The monoisotopic (exact) mass is 392 g/mol. The molecule has 0 aliphatic carbocycles. The number of nitrogens with one attached hydrogen (secondary N) is 2. The number of methoxy groups -OCH3 is 2. The molecular formula is C19H24N2O5S. The van der Waals surface area contributed by atoms with Crippen molar-refractivity contribution in [3.63, 3.8) is 0 Å². The minimum Gasteiger partial charge on any atom is -0.493 e. The molecule has 7 nitrogen and oxygen atoms in total. The van der Waals surface area contributed by atoms with Crippen LogP contribution in [0.25, 0.3) is 0 Å². The van der Waals surface area contributed by atoms with Gasteiger partial charge in [-0.1, -0.05) is 18.2 Å². The summed E-state index contributed by atoms with van der Waals surface area (Å²) in [6, 6.07) is 8.90. The summed E-state index contributed by atoms with van der Waals surface area (Å²) in [5.74, 6) is 0.252. The number of aryl methyl sites for hydroxylation is 2. The minimum atomic E-state index is -3.92. The van der Waals surface area contributed by atoms with E-state index in [-0.39, 0.29) is 10.6 Å². The Morgan fingerprint density at radius 2 is 1.59 bits per heavy atom. The number of hydrogen-bond donors (Lipinski definition) is 2. The molecule has 0 radical (unpaired) electrons. The van der Waals surface area contributed by atoms with Crippen LogP contribution >= 0.6 is 0 Å². The first-order chi connectivity index (χ1) is 12.7. The predicted octanol–water partition coefficient (Wildman–Crippen LogP) is 2.63. The normalized spacial score (nSPS) is 12.3. The Morgan fingerprint density at radius 1 is 1.00 bits per heavy atom. The van der Waals surface area contributed by atoms with E-state index in [0.29, 0.717) is 11.4 Å². The standard InChI is InChI=1S/C19H24N2O5S/c1-12-7-6-8-13(2)18(12)20-19(22)14(3)21-27(23,24)15-9-10-16(25-4)17(11-15)26-5/h6-11,14,21H,1-5H3,(H,20,22). The van der Waals surface area contributed by atoms with E-state index in [1.165, 1.54) is 39.3 Å². The lowest BCUT2D eigenvalue weighted by molar-refractivity contribution is -0.117. The van der Waals surface area contributed by atoms with Gasteiger partial charge in [-0.3, -0.25) is 4.79 Å². The van der Waals surface area contributed by atoms with Crippen molar-refractivity contribution in [1.82, 2.24) is 4.72 Å². The maximum absolute atomic E-state index is 12.6. The van der Waals surface area contributed by atoms with Crippen LogP contribution in [0.15, 0.2) is 41.3 Å². The average Bonchev–Trinajstić information content (AvgIpc) is 2.63. The molecule has 0 aliphatic rings. The van der Waals surface area contributed by atoms with E-state index in [0.717, 1.165) is 11.1 Å². The van der Waals surface area contributed by atoms with Crippen LogP contribution in [-0.2, 0) is 14.8 Å². The van der Waals surface area contributed by atoms with Crippen molar-refractivity contribution in [2.75, 3.05) is 19.5 Å². The summed E-state index contributed by atoms with van der Waals surface area (Å²) >= 11 is 0. The van der Waals surface area contributed by atoms with Gasteiger partial charge in [0.15, 0.2) is 11.5 Å². The van der Waals surface area contributed by atoms with Gasteiger partial charge in [-0.05, 0) is 44.0 Å². The summed E-state index contributed by atoms with van der Waals surface area (Å²) in [5, 5.41) is 2.78. The number of amides is 1. The largest absolute Gasteiger partial charge is 0.493 e. The Labute approximate surface area is 159 Å². The van der Waals surface area contributed by atoms with Gasteiger partial charge in [-0.25, -0.2) is 8.42 Å². The number of rotatable bonds is 7. The van der Waals surface area contributed by atoms with Gasteiger partial charge in [-0.15, -0.1) is 0 Å². The molecule has 8 heteroatoms. The number of para-hydroxylation sites is 1. The summed E-state index contributed by atoms with van der Waals surface area (Å²) in [4.78, 5) is 12.4. The second-order valence-electron chi connectivity index (χ2n) is 6.12. The van der Waals surface area contributed by atoms with Crippen LogP contribution in [-0.4, -0.2) is 34.6 Å². The van der Waals surface area contributed by atoms with Crippen LogP contribution in [0.2, 0.25) is 0 Å². The lowest BCUT2D eigenvalue weighted by Gasteiger charge is -2.17. The van der Waals surface area contributed by atoms with Gasteiger partial charge in [0.05, 0.1) is 25.2 Å². The predicted molar refractivity (Wildman–Crippen MR) is 104 cm³/mol. The number of sulfonamides is 1. The highest BCUT2D eigenvalue weighted by Gasteiger charge is 2.24. The fourth-order valence-electron chi connectivity index (χ4n) is 2.58. The second kappa shape index (κ2) is 8.41. The maximum atomic E-state index is 12.6. The first-order valence-electron chi connectivity index (χ1n) is 8.31. The van der Waals surface area contributed by atoms with Crippen LogP contribution in [0.1, 0.15) is 18.1 Å². The summed E-state index contributed by atoms with van der Waals surface area (Å²) in [7, 11) is -1.04. The number of ether oxygens (including phenoxy) is 2. The van der Waals surface area contributed by atoms with E-state index >= 15 is 0 Å². The molecule has 1 atom stereocenters. The molecule has 0 saturated carbocycles. The zero-order chi connectivity index (χ0) is 20.2. The molecule has 0 aliphatic heterocycles. The number of carbonyl (C=O) groups is 1. The van der Waals surface area contributed by atoms with Crippen molar-refractivity contribution in [1.29, 1.82) is 0 Å². The van der Waals surface area contributed by atoms with Crippen molar-refractivity contribution in [2.45, 2.75) is 31.7 Å². The van der Waals surface area contributed by atoms with E-state index in [1.807, 2.05) is 32.0 Å². The van der Waals surface area contributed by atoms with Crippen molar-refractivity contribution < 1.29 is 22.7 Å². The maximum Gasteiger partial charge on any atom is 0.242 e. The second-order valence-corrected chi connectivity index (χ2v) is 7.83. The van der Waals surface area contributed by atoms with Gasteiger partial charge in [0.2, 0.25) is 15.9 Å². The van der Waals surface area contributed by atoms with Crippen molar-refractivity contribution >= 4 is 21.6 Å². The van der Waals surface area contributed by atoms with Crippen LogP contribution in [0.4, 0.5) is 5.69 Å². The first kappa shape index (κ1) is 20.7. The molecule has 2 rings (SSSR count). The number of benzene rings is 2. The highest BCUT2D eigenvalue weighted by Crippen LogP contribution is 2.29. The fourth-order valence-corrected chi connectivity index (χ4v) is 3.80. The van der Waals surface area contributed by atoms with Crippen LogP contribution in [0, 0.1) is 13.8 Å². The molecule has 0 saturated heterocycles. The Kier molecular flexibility index (Phi) is 6.45. The van der Waals surface area contributed by atoms with Gasteiger partial charge in [0.25, 0.3) is 0 Å². The fraction of sp³-hybridized carbons (Fsp3) is 0.316. The molecular weight excluding hydrogens is 368 g/mol. The molecule has 0 heterocycles. The smallest absolute Gasteiger partial charge is 0.242 e. The molecule has 1 unspecified atom stereocenters. The molecule has 2 N–H and O–H groups in total. The molecule has 0 fully saturated rings. The molecule has 27 heavy (non-hydrogen) atoms. The zero-order valence-electron chi connectivity index (χ0n) is 16.0. The third kappa shape index (κ3) is 4.78. The van der Waals surface area contributed by atoms with Crippen LogP contribution in [0.3, 0.4) is 0 Å². The molecule has 0 aromatic heterocycles. The third-order valence-electron chi connectivity index (χ3n) is 4.12. The van der Waals surface area contributed by atoms with Crippen molar-refractivity contribution in [3.8, 4) is 11.5 Å². The van der Waals surface area contributed by atoms with E-state index in [1.54, 1.807) is 0 Å². The zero-order valence-corrected chi connectivity index (χ0v) is 16.8. The molecule has 0 bridgehead atoms. The molecule has 1 amide bonds. The van der Waals surface area contributed by atoms with Crippen molar-refractivity contribution in [2.24, 2.45) is 0 Å². The topological polar surface area (TPSA) is 93.7 Å². The summed E-state index contributed by atoms with van der Waals surface area (Å²) in [5.41, 5.74) is 2.48. The Balaban J connectivity index is 2.18. The van der Waals surface area contributed by atoms with Gasteiger partial charge >= 0.3 is 0 Å². The van der Waals surface area contributed by atoms with Gasteiger partial charge < -0.3 is 14.8 Å². The summed E-state index contributed by atoms with van der Waals surface area (Å²) < 4.78 is 37.9. The quantitative estimate of drug-likeness (QED) is 0.755. The SMILES string of the molecule is COc1ccc(S(=O)(=O)NC(C)C(=O)Nc2c(C)cccc2C)cc1OC. The Bertz CT molecular complexity index is 921. The Morgan fingerprint density at radius 3 is 2.15 bits per heavy atom. The van der Waals surface area contributed by atoms with E-state index in [4.69, 9.17) is 9.47 Å². The number of anilines is 1. The van der Waals surface area contributed by atoms with E-state index in [2.05, 4.69) is 10.0 Å². The highest BCUT2D eigenvalue weighted by atomic mass is 32.2. The lowest BCUT2D eigenvalue weighted by atomic mass is 10.1. The lowest BCUT2D eigenvalue weighted by Crippen LogP contribution is -2.41. The summed E-state index contributed by atoms with van der Waals surface area (Å²) in [6.45, 7) is 5.24. The van der Waals surface area contributed by atoms with Gasteiger partial charge in [0.1, 0.15) is 0 Å². The van der Waals surface area contributed by atoms with Gasteiger partial charge in [0, 0.05) is 11.8 Å². The van der Waals surface area contributed by atoms with E-state index < -0.39 is 22.0 Å². The van der Waals surface area contributed by atoms with Crippen molar-refractivity contribution in [3.05, 3.63) is 47.5 Å². The number of carbonyl (C=O) groups excluding carboxylic acids is 1. The number of hydrogen-bond acceptors (Lipinski definition) is 5. The molecule has 2 aromatic carbocycles.